The number of hydrogen-bond acceptors (Lipinski definition) is 4. The summed E-state index contributed by atoms with van der Waals surface area (Å²) in [7, 11) is 0. The molecule has 0 amide bonds. The third-order valence-corrected chi connectivity index (χ3v) is 4.35. The number of carbonyl (C=O) groups excluding carboxylic acids is 1. The van der Waals surface area contributed by atoms with Gasteiger partial charge in [-0.25, -0.2) is 0 Å². The van der Waals surface area contributed by atoms with E-state index < -0.39 is 0 Å². The Morgan fingerprint density at radius 3 is 2.77 bits per heavy atom. The highest BCUT2D eigenvalue weighted by molar-refractivity contribution is 5.89. The quantitative estimate of drug-likeness (QED) is 0.640. The Kier molecular flexibility index (Phi) is 3.91. The summed E-state index contributed by atoms with van der Waals surface area (Å²) in [5.74, 6) is 0.428. The second-order valence-corrected chi connectivity index (χ2v) is 5.63. The molecule has 5 heteroatoms. The predicted octanol–water partition coefficient (Wildman–Crippen LogP) is 2.29. The molecule has 0 saturated carbocycles. The molecular formula is C17H16N4O. The van der Waals surface area contributed by atoms with Gasteiger partial charge < -0.3 is 4.57 Å². The van der Waals surface area contributed by atoms with Gasteiger partial charge in [0.2, 0.25) is 0 Å². The van der Waals surface area contributed by atoms with Gasteiger partial charge in [-0.15, -0.1) is 0 Å². The second kappa shape index (κ2) is 6.01. The van der Waals surface area contributed by atoms with Crippen molar-refractivity contribution in [3.63, 3.8) is 0 Å². The van der Waals surface area contributed by atoms with E-state index in [-0.39, 0.29) is 6.54 Å². The first kappa shape index (κ1) is 14.3. The molecule has 1 aromatic heterocycles. The van der Waals surface area contributed by atoms with Gasteiger partial charge in [-0.3, -0.25) is 9.69 Å². The molecule has 3 rings (SSSR count). The summed E-state index contributed by atoms with van der Waals surface area (Å²) in [6.45, 7) is 2.51. The number of likely N-dealkylation sites (tertiary alicyclic amines) is 1. The van der Waals surface area contributed by atoms with E-state index >= 15 is 0 Å². The van der Waals surface area contributed by atoms with Crippen LogP contribution in [-0.4, -0.2) is 35.4 Å². The fourth-order valence-corrected chi connectivity index (χ4v) is 3.26. The van der Waals surface area contributed by atoms with Gasteiger partial charge in [0.05, 0.1) is 24.4 Å². The third-order valence-electron chi connectivity index (χ3n) is 4.35. The van der Waals surface area contributed by atoms with E-state index in [9.17, 15) is 4.79 Å². The summed E-state index contributed by atoms with van der Waals surface area (Å²) in [4.78, 5) is 13.3. The van der Waals surface area contributed by atoms with Crippen LogP contribution in [0.5, 0.6) is 0 Å². The smallest absolute Gasteiger partial charge is 0.166 e. The van der Waals surface area contributed by atoms with Crippen molar-refractivity contribution in [1.29, 1.82) is 10.5 Å². The molecule has 5 nitrogen and oxygen atoms in total. The number of rotatable bonds is 4. The maximum Gasteiger partial charge on any atom is 0.166 e. The van der Waals surface area contributed by atoms with Crippen LogP contribution >= 0.6 is 0 Å². The van der Waals surface area contributed by atoms with Crippen molar-refractivity contribution >= 4 is 17.2 Å². The molecule has 0 radical (unpaired) electrons. The number of aldehydes is 1. The van der Waals surface area contributed by atoms with E-state index in [4.69, 9.17) is 10.5 Å². The highest BCUT2D eigenvalue weighted by Crippen LogP contribution is 2.30. The fraction of sp³-hybridized carbons (Fsp3) is 0.353. The molecule has 1 aliphatic rings. The minimum absolute atomic E-state index is 0.177. The average Bonchev–Trinajstić information content (AvgIpc) is 3.12. The standard InChI is InChI=1S/C17H16N4O/c18-4-7-20-6-3-14(11-20)13-1-2-17-15(9-13)10-16(12-22)21(17)8-5-19/h1-2,9-10,12,14H,3,6-8,11H2. The van der Waals surface area contributed by atoms with Gasteiger partial charge in [0.15, 0.2) is 6.29 Å². The molecule has 0 bridgehead atoms. The molecule has 110 valence electrons. The molecule has 2 heterocycles. The van der Waals surface area contributed by atoms with Crippen LogP contribution < -0.4 is 0 Å². The summed E-state index contributed by atoms with van der Waals surface area (Å²) >= 11 is 0. The van der Waals surface area contributed by atoms with Crippen LogP contribution in [0.25, 0.3) is 10.9 Å². The Labute approximate surface area is 129 Å². The van der Waals surface area contributed by atoms with Crippen LogP contribution in [0.1, 0.15) is 28.4 Å². The predicted molar refractivity (Wildman–Crippen MR) is 82.3 cm³/mol. The van der Waals surface area contributed by atoms with Gasteiger partial charge in [0.25, 0.3) is 0 Å². The maximum absolute atomic E-state index is 11.2. The first-order valence-electron chi connectivity index (χ1n) is 7.31. The van der Waals surface area contributed by atoms with Gasteiger partial charge in [-0.1, -0.05) is 6.07 Å². The van der Waals surface area contributed by atoms with Crippen molar-refractivity contribution in [2.45, 2.75) is 18.9 Å². The molecular weight excluding hydrogens is 276 g/mol. The monoisotopic (exact) mass is 292 g/mol. The molecule has 22 heavy (non-hydrogen) atoms. The highest BCUT2D eigenvalue weighted by Gasteiger charge is 2.24. The number of nitrogens with zero attached hydrogens (tertiary/aromatic N) is 4. The molecule has 1 fully saturated rings. The summed E-state index contributed by atoms with van der Waals surface area (Å²) in [6, 6.07) is 12.3. The van der Waals surface area contributed by atoms with Gasteiger partial charge >= 0.3 is 0 Å². The number of fused-ring (bicyclic) bond motifs is 1. The van der Waals surface area contributed by atoms with Crippen LogP contribution in [0.15, 0.2) is 24.3 Å². The van der Waals surface area contributed by atoms with Crippen molar-refractivity contribution < 1.29 is 4.79 Å². The zero-order valence-corrected chi connectivity index (χ0v) is 12.2. The van der Waals surface area contributed by atoms with Gasteiger partial charge in [0, 0.05) is 17.4 Å². The van der Waals surface area contributed by atoms with E-state index in [0.29, 0.717) is 18.2 Å². The largest absolute Gasteiger partial charge is 0.324 e. The maximum atomic E-state index is 11.2. The van der Waals surface area contributed by atoms with Crippen LogP contribution in [0.4, 0.5) is 0 Å². The lowest BCUT2D eigenvalue weighted by atomic mass is 9.97. The first-order chi connectivity index (χ1) is 10.8. The van der Waals surface area contributed by atoms with E-state index in [1.54, 1.807) is 4.57 Å². The number of benzene rings is 1. The van der Waals surface area contributed by atoms with Crippen LogP contribution in [0.3, 0.4) is 0 Å². The lowest BCUT2D eigenvalue weighted by Gasteiger charge is -2.12. The highest BCUT2D eigenvalue weighted by atomic mass is 16.1. The fourth-order valence-electron chi connectivity index (χ4n) is 3.26. The Bertz CT molecular complexity index is 793. The number of aromatic nitrogens is 1. The molecule has 1 unspecified atom stereocenters. The first-order valence-corrected chi connectivity index (χ1v) is 7.31. The van der Waals surface area contributed by atoms with Gasteiger partial charge in [-0.05, 0) is 42.6 Å². The Hall–Kier alpha value is -2.63. The van der Waals surface area contributed by atoms with Crippen molar-refractivity contribution in [3.8, 4) is 12.1 Å². The summed E-state index contributed by atoms with van der Waals surface area (Å²) in [5.41, 5.74) is 2.69. The Balaban J connectivity index is 1.93. The van der Waals surface area contributed by atoms with E-state index in [2.05, 4.69) is 29.2 Å². The normalized spacial score (nSPS) is 18.2. The van der Waals surface area contributed by atoms with E-state index in [0.717, 1.165) is 36.7 Å². The molecule has 1 saturated heterocycles. The lowest BCUT2D eigenvalue weighted by molar-refractivity contribution is 0.111. The second-order valence-electron chi connectivity index (χ2n) is 5.63. The van der Waals surface area contributed by atoms with Crippen molar-refractivity contribution in [3.05, 3.63) is 35.5 Å². The molecule has 0 aliphatic carbocycles. The van der Waals surface area contributed by atoms with Crippen molar-refractivity contribution in [2.75, 3.05) is 19.6 Å². The van der Waals surface area contributed by atoms with Crippen molar-refractivity contribution in [1.82, 2.24) is 9.47 Å². The van der Waals surface area contributed by atoms with Gasteiger partial charge in [0.1, 0.15) is 6.54 Å². The zero-order valence-electron chi connectivity index (χ0n) is 12.2. The summed E-state index contributed by atoms with van der Waals surface area (Å²) in [5, 5.41) is 18.7. The third kappa shape index (κ3) is 2.47. The summed E-state index contributed by atoms with van der Waals surface area (Å²) in [6.07, 6.45) is 1.84. The number of carbonyl (C=O) groups is 1. The zero-order chi connectivity index (χ0) is 15.5. The molecule has 1 atom stereocenters. The summed E-state index contributed by atoms with van der Waals surface area (Å²) < 4.78 is 1.74. The number of nitriles is 2. The molecule has 2 aromatic rings. The molecule has 0 spiro atoms. The Morgan fingerprint density at radius 1 is 1.23 bits per heavy atom. The lowest BCUT2D eigenvalue weighted by Crippen LogP contribution is -2.20. The number of hydrogen-bond donors (Lipinski definition) is 0. The molecule has 0 N–H and O–H groups in total. The molecule has 1 aromatic carbocycles. The SMILES string of the molecule is N#CCN1CCC(c2ccc3c(c2)cc(C=O)n3CC#N)C1. The van der Waals surface area contributed by atoms with E-state index in [1.807, 2.05) is 12.1 Å². The topological polar surface area (TPSA) is 72.8 Å². The van der Waals surface area contributed by atoms with Crippen LogP contribution in [-0.2, 0) is 6.54 Å². The van der Waals surface area contributed by atoms with E-state index in [1.165, 1.54) is 5.56 Å². The molecule has 1 aliphatic heterocycles. The van der Waals surface area contributed by atoms with Crippen LogP contribution in [0, 0.1) is 22.7 Å². The minimum Gasteiger partial charge on any atom is -0.324 e. The minimum atomic E-state index is 0.177. The average molecular weight is 292 g/mol. The van der Waals surface area contributed by atoms with Crippen molar-refractivity contribution in [2.24, 2.45) is 0 Å². The Morgan fingerprint density at radius 2 is 2.05 bits per heavy atom. The van der Waals surface area contributed by atoms with Crippen LogP contribution in [0.2, 0.25) is 0 Å². The van der Waals surface area contributed by atoms with Gasteiger partial charge in [-0.2, -0.15) is 10.5 Å².